The molecule has 0 spiro atoms. The molecule has 8 heteroatoms. The molecule has 0 N–H and O–H groups in total. The molecule has 2 aromatic rings. The summed E-state index contributed by atoms with van der Waals surface area (Å²) in [6.45, 7) is 0. The lowest BCUT2D eigenvalue weighted by Gasteiger charge is -2.09. The van der Waals surface area contributed by atoms with Crippen LogP contribution >= 0.6 is 34.8 Å². The first-order valence-electron chi connectivity index (χ1n) is 5.25. The van der Waals surface area contributed by atoms with E-state index in [1.807, 2.05) is 0 Å². The zero-order valence-corrected chi connectivity index (χ0v) is 12.3. The first-order valence-corrected chi connectivity index (χ1v) is 6.38. The van der Waals surface area contributed by atoms with Gasteiger partial charge in [-0.2, -0.15) is 5.26 Å². The Bertz CT molecular complexity index is 839. The van der Waals surface area contributed by atoms with Crippen molar-refractivity contribution in [1.82, 2.24) is 9.13 Å². The van der Waals surface area contributed by atoms with E-state index in [0.29, 0.717) is 0 Å². The lowest BCUT2D eigenvalue weighted by Crippen LogP contribution is -2.38. The van der Waals surface area contributed by atoms with Gasteiger partial charge in [0.15, 0.2) is 0 Å². The number of rotatable bonds is 1. The molecule has 5 nitrogen and oxygen atoms in total. The minimum atomic E-state index is -0.677. The maximum absolute atomic E-state index is 12.1. The van der Waals surface area contributed by atoms with Crippen molar-refractivity contribution >= 4 is 34.8 Å². The van der Waals surface area contributed by atoms with Crippen LogP contribution in [0, 0.1) is 11.3 Å². The summed E-state index contributed by atoms with van der Waals surface area (Å²) in [6.07, 6.45) is 0. The molecule has 0 saturated carbocycles. The molecular formula is C12H6Cl3N3O2. The quantitative estimate of drug-likeness (QED) is 0.754. The molecule has 0 atom stereocenters. The van der Waals surface area contributed by atoms with E-state index in [4.69, 9.17) is 40.1 Å². The summed E-state index contributed by atoms with van der Waals surface area (Å²) in [5.74, 6) is 0. The second-order valence-electron chi connectivity index (χ2n) is 3.88. The molecule has 20 heavy (non-hydrogen) atoms. The molecule has 0 aliphatic heterocycles. The Morgan fingerprint density at radius 2 is 1.65 bits per heavy atom. The highest BCUT2D eigenvalue weighted by atomic mass is 35.5. The topological polar surface area (TPSA) is 67.8 Å². The summed E-state index contributed by atoms with van der Waals surface area (Å²) in [4.78, 5) is 24.1. The second kappa shape index (κ2) is 5.33. The van der Waals surface area contributed by atoms with Crippen LogP contribution in [-0.2, 0) is 7.05 Å². The number of benzene rings is 1. The maximum atomic E-state index is 12.1. The molecular weight excluding hydrogens is 325 g/mol. The molecule has 1 aromatic carbocycles. The lowest BCUT2D eigenvalue weighted by molar-refractivity contribution is 0.728. The third kappa shape index (κ3) is 2.34. The Morgan fingerprint density at radius 3 is 2.15 bits per heavy atom. The van der Waals surface area contributed by atoms with E-state index < -0.39 is 11.2 Å². The van der Waals surface area contributed by atoms with Crippen LogP contribution < -0.4 is 11.2 Å². The summed E-state index contributed by atoms with van der Waals surface area (Å²) in [5.41, 5.74) is -1.19. The van der Waals surface area contributed by atoms with Crippen molar-refractivity contribution in [3.63, 3.8) is 0 Å². The fourth-order valence-corrected chi connectivity index (χ4v) is 2.23. The van der Waals surface area contributed by atoms with E-state index in [0.717, 1.165) is 15.2 Å². The van der Waals surface area contributed by atoms with Crippen LogP contribution in [-0.4, -0.2) is 9.13 Å². The molecule has 1 aromatic heterocycles. The fraction of sp³-hybridized carbons (Fsp3) is 0.0833. The van der Waals surface area contributed by atoms with E-state index in [2.05, 4.69) is 0 Å². The number of aromatic nitrogens is 2. The number of nitriles is 1. The van der Waals surface area contributed by atoms with Crippen molar-refractivity contribution in [2.45, 2.75) is 0 Å². The summed E-state index contributed by atoms with van der Waals surface area (Å²) >= 11 is 17.6. The van der Waals surface area contributed by atoms with Gasteiger partial charge in [-0.1, -0.05) is 34.8 Å². The smallest absolute Gasteiger partial charge is 0.287 e. The summed E-state index contributed by atoms with van der Waals surface area (Å²) in [5, 5.41) is 9.21. The molecule has 1 heterocycles. The predicted molar refractivity (Wildman–Crippen MR) is 77.0 cm³/mol. The standard InChI is InChI=1S/C12H6Cl3N3O2/c1-17-7(5-16)4-10(19)18(12(17)20)6-2-8(13)11(15)9(14)3-6/h2-4H,1H3. The van der Waals surface area contributed by atoms with Crippen LogP contribution in [0.1, 0.15) is 5.69 Å². The van der Waals surface area contributed by atoms with E-state index in [-0.39, 0.29) is 26.4 Å². The van der Waals surface area contributed by atoms with Crippen molar-refractivity contribution in [1.29, 1.82) is 5.26 Å². The monoisotopic (exact) mass is 329 g/mol. The van der Waals surface area contributed by atoms with Gasteiger partial charge in [-0.3, -0.25) is 9.36 Å². The summed E-state index contributed by atoms with van der Waals surface area (Å²) < 4.78 is 1.91. The van der Waals surface area contributed by atoms with Crippen molar-refractivity contribution in [2.24, 2.45) is 7.05 Å². The van der Waals surface area contributed by atoms with Crippen molar-refractivity contribution < 1.29 is 0 Å². The molecule has 2 rings (SSSR count). The van der Waals surface area contributed by atoms with Crippen molar-refractivity contribution in [2.75, 3.05) is 0 Å². The van der Waals surface area contributed by atoms with E-state index in [1.54, 1.807) is 6.07 Å². The van der Waals surface area contributed by atoms with Gasteiger partial charge >= 0.3 is 5.69 Å². The highest BCUT2D eigenvalue weighted by molar-refractivity contribution is 6.48. The highest BCUT2D eigenvalue weighted by Gasteiger charge is 2.13. The largest absolute Gasteiger partial charge is 0.336 e. The van der Waals surface area contributed by atoms with Gasteiger partial charge in [0.1, 0.15) is 11.8 Å². The number of hydrogen-bond acceptors (Lipinski definition) is 3. The van der Waals surface area contributed by atoms with Crippen LogP contribution in [0.5, 0.6) is 0 Å². The van der Waals surface area contributed by atoms with Crippen LogP contribution in [0.2, 0.25) is 15.1 Å². The van der Waals surface area contributed by atoms with Gasteiger partial charge in [0, 0.05) is 13.1 Å². The summed E-state index contributed by atoms with van der Waals surface area (Å²) in [7, 11) is 1.38. The van der Waals surface area contributed by atoms with Gasteiger partial charge in [0.25, 0.3) is 5.56 Å². The average molecular weight is 331 g/mol. The molecule has 0 amide bonds. The van der Waals surface area contributed by atoms with Crippen LogP contribution in [0.3, 0.4) is 0 Å². The third-order valence-corrected chi connectivity index (χ3v) is 3.86. The minimum Gasteiger partial charge on any atom is -0.287 e. The number of hydrogen-bond donors (Lipinski definition) is 0. The maximum Gasteiger partial charge on any atom is 0.336 e. The molecule has 0 radical (unpaired) electrons. The van der Waals surface area contributed by atoms with Gasteiger partial charge in [-0.15, -0.1) is 0 Å². The van der Waals surface area contributed by atoms with E-state index >= 15 is 0 Å². The Hall–Kier alpha value is -1.74. The number of halogens is 3. The fourth-order valence-electron chi connectivity index (χ4n) is 1.64. The molecule has 0 bridgehead atoms. The van der Waals surface area contributed by atoms with Crippen LogP contribution in [0.4, 0.5) is 0 Å². The number of nitrogens with zero attached hydrogens (tertiary/aromatic N) is 3. The first-order chi connectivity index (χ1) is 9.36. The van der Waals surface area contributed by atoms with Crippen molar-refractivity contribution in [3.05, 3.63) is 59.8 Å². The normalized spacial score (nSPS) is 10.3. The first kappa shape index (κ1) is 14.7. The SMILES string of the molecule is Cn1c(C#N)cc(=O)n(-c2cc(Cl)c(Cl)c(Cl)c2)c1=O. The summed E-state index contributed by atoms with van der Waals surface area (Å²) in [6, 6.07) is 5.52. The Labute approximate surface area is 128 Å². The Kier molecular flexibility index (Phi) is 3.91. The third-order valence-electron chi connectivity index (χ3n) is 2.66. The molecule has 0 saturated heterocycles. The zero-order valence-electron chi connectivity index (χ0n) is 10.0. The Morgan fingerprint density at radius 1 is 1.10 bits per heavy atom. The lowest BCUT2D eigenvalue weighted by atomic mass is 10.3. The molecule has 0 fully saturated rings. The highest BCUT2D eigenvalue weighted by Crippen LogP contribution is 2.31. The Balaban J connectivity index is 2.85. The minimum absolute atomic E-state index is 0.0394. The molecule has 0 unspecified atom stereocenters. The van der Waals surface area contributed by atoms with Gasteiger partial charge in [-0.25, -0.2) is 9.36 Å². The van der Waals surface area contributed by atoms with E-state index in [1.165, 1.54) is 19.2 Å². The molecule has 102 valence electrons. The van der Waals surface area contributed by atoms with Crippen molar-refractivity contribution in [3.8, 4) is 11.8 Å². The molecule has 0 aliphatic carbocycles. The van der Waals surface area contributed by atoms with Gasteiger partial charge < -0.3 is 0 Å². The molecule has 0 aliphatic rings. The second-order valence-corrected chi connectivity index (χ2v) is 5.07. The van der Waals surface area contributed by atoms with Crippen LogP contribution in [0.25, 0.3) is 5.69 Å². The predicted octanol–water partition coefficient (Wildman–Crippen LogP) is 2.37. The van der Waals surface area contributed by atoms with Gasteiger partial charge in [-0.05, 0) is 12.1 Å². The van der Waals surface area contributed by atoms with Crippen LogP contribution in [0.15, 0.2) is 27.8 Å². The zero-order chi connectivity index (χ0) is 15.0. The average Bonchev–Trinajstić information content (AvgIpc) is 2.40. The van der Waals surface area contributed by atoms with Gasteiger partial charge in [0.2, 0.25) is 0 Å². The van der Waals surface area contributed by atoms with Gasteiger partial charge in [0.05, 0.1) is 20.8 Å². The van der Waals surface area contributed by atoms with E-state index in [9.17, 15) is 9.59 Å².